The van der Waals surface area contributed by atoms with Crippen molar-refractivity contribution in [3.05, 3.63) is 23.8 Å². The first-order chi connectivity index (χ1) is 6.38. The third kappa shape index (κ3) is 3.62. The van der Waals surface area contributed by atoms with Crippen LogP contribution in [0.1, 0.15) is 26.3 Å². The van der Waals surface area contributed by atoms with Gasteiger partial charge in [-0.2, -0.15) is 0 Å². The smallest absolute Gasteiger partial charge is 0.118 e. The first-order valence-electron chi connectivity index (χ1n) is 4.81. The van der Waals surface area contributed by atoms with Gasteiger partial charge in [0.25, 0.3) is 0 Å². The van der Waals surface area contributed by atoms with E-state index in [9.17, 15) is 5.11 Å². The van der Waals surface area contributed by atoms with Crippen LogP contribution in [0.2, 0.25) is 0 Å². The fourth-order valence-electron chi connectivity index (χ4n) is 1.02. The van der Waals surface area contributed by atoms with Gasteiger partial charge in [0, 0.05) is 10.6 Å². The van der Waals surface area contributed by atoms with Crippen molar-refractivity contribution in [2.75, 3.05) is 5.75 Å². The molecule has 0 aliphatic carbocycles. The van der Waals surface area contributed by atoms with Crippen LogP contribution >= 0.6 is 11.8 Å². The molecule has 1 aromatic rings. The van der Waals surface area contributed by atoms with Crippen molar-refractivity contribution in [2.24, 2.45) is 5.41 Å². The summed E-state index contributed by atoms with van der Waals surface area (Å²) in [5.41, 5.74) is 1.29. The van der Waals surface area contributed by atoms with Crippen molar-refractivity contribution in [1.82, 2.24) is 0 Å². The van der Waals surface area contributed by atoms with Crippen LogP contribution in [0.3, 0.4) is 0 Å². The number of phenols is 1. The Bertz CT molecular complexity index is 313. The highest BCUT2D eigenvalue weighted by Crippen LogP contribution is 2.29. The molecule has 0 unspecified atom stereocenters. The van der Waals surface area contributed by atoms with E-state index in [4.69, 9.17) is 0 Å². The monoisotopic (exact) mass is 210 g/mol. The molecule has 0 amide bonds. The lowest BCUT2D eigenvalue weighted by Crippen LogP contribution is -2.07. The first kappa shape index (κ1) is 11.4. The van der Waals surface area contributed by atoms with Crippen molar-refractivity contribution in [2.45, 2.75) is 32.6 Å². The second kappa shape index (κ2) is 4.26. The Kier molecular flexibility index (Phi) is 3.48. The fraction of sp³-hybridized carbons (Fsp3) is 0.500. The molecule has 0 aromatic heterocycles. The van der Waals surface area contributed by atoms with Crippen LogP contribution in [-0.2, 0) is 0 Å². The molecular formula is C12H18OS. The lowest BCUT2D eigenvalue weighted by Gasteiger charge is -2.17. The largest absolute Gasteiger partial charge is 0.508 e. The van der Waals surface area contributed by atoms with Gasteiger partial charge in [-0.05, 0) is 36.1 Å². The van der Waals surface area contributed by atoms with Gasteiger partial charge in [-0.1, -0.05) is 20.8 Å². The molecule has 14 heavy (non-hydrogen) atoms. The summed E-state index contributed by atoms with van der Waals surface area (Å²) in [6, 6.07) is 5.77. The molecule has 0 saturated heterocycles. The minimum atomic E-state index is 0.344. The fourth-order valence-corrected chi connectivity index (χ4v) is 2.04. The van der Waals surface area contributed by atoms with E-state index < -0.39 is 0 Å². The van der Waals surface area contributed by atoms with Crippen LogP contribution in [0.4, 0.5) is 0 Å². The van der Waals surface area contributed by atoms with Gasteiger partial charge in [-0.3, -0.25) is 0 Å². The van der Waals surface area contributed by atoms with E-state index >= 15 is 0 Å². The number of aromatic hydroxyl groups is 1. The van der Waals surface area contributed by atoms with Crippen LogP contribution < -0.4 is 0 Å². The zero-order valence-corrected chi connectivity index (χ0v) is 10.1. The van der Waals surface area contributed by atoms with E-state index in [1.165, 1.54) is 4.90 Å². The second-order valence-corrected chi connectivity index (χ2v) is 5.85. The van der Waals surface area contributed by atoms with Gasteiger partial charge in [0.15, 0.2) is 0 Å². The number of aryl methyl sites for hydroxylation is 1. The van der Waals surface area contributed by atoms with Crippen molar-refractivity contribution < 1.29 is 5.11 Å². The van der Waals surface area contributed by atoms with Crippen LogP contribution in [0.5, 0.6) is 5.75 Å². The molecule has 0 fully saturated rings. The quantitative estimate of drug-likeness (QED) is 0.748. The van der Waals surface area contributed by atoms with Crippen molar-refractivity contribution in [3.63, 3.8) is 0 Å². The minimum absolute atomic E-state index is 0.344. The summed E-state index contributed by atoms with van der Waals surface area (Å²) in [4.78, 5) is 1.23. The molecule has 0 saturated carbocycles. The number of thioether (sulfide) groups is 1. The molecule has 0 spiro atoms. The normalized spacial score (nSPS) is 11.7. The molecule has 78 valence electrons. The Morgan fingerprint density at radius 3 is 2.43 bits per heavy atom. The second-order valence-electron chi connectivity index (χ2n) is 4.80. The molecule has 1 nitrogen and oxygen atoms in total. The Morgan fingerprint density at radius 2 is 1.93 bits per heavy atom. The maximum absolute atomic E-state index is 9.36. The number of hydrogen-bond donors (Lipinski definition) is 1. The van der Waals surface area contributed by atoms with Gasteiger partial charge < -0.3 is 5.11 Å². The Labute approximate surface area is 90.5 Å². The number of benzene rings is 1. The highest BCUT2D eigenvalue weighted by Gasteiger charge is 2.10. The maximum Gasteiger partial charge on any atom is 0.118 e. The van der Waals surface area contributed by atoms with E-state index in [0.29, 0.717) is 11.2 Å². The van der Waals surface area contributed by atoms with Crippen LogP contribution in [0.15, 0.2) is 23.1 Å². The average molecular weight is 210 g/mol. The summed E-state index contributed by atoms with van der Waals surface area (Å²) >= 11 is 1.84. The molecule has 1 N–H and O–H groups in total. The van der Waals surface area contributed by atoms with Crippen LogP contribution in [-0.4, -0.2) is 10.9 Å². The topological polar surface area (TPSA) is 20.2 Å². The molecule has 0 radical (unpaired) electrons. The molecule has 0 aliphatic heterocycles. The molecule has 2 heteroatoms. The third-order valence-corrected chi connectivity index (χ3v) is 3.44. The van der Waals surface area contributed by atoms with Crippen molar-refractivity contribution in [3.8, 4) is 5.75 Å². The zero-order valence-electron chi connectivity index (χ0n) is 9.29. The Hall–Kier alpha value is -0.630. The lowest BCUT2D eigenvalue weighted by atomic mass is 10.0. The molecule has 0 atom stereocenters. The maximum atomic E-state index is 9.36. The molecule has 0 aliphatic rings. The molecule has 1 aromatic carbocycles. The first-order valence-corrected chi connectivity index (χ1v) is 5.79. The lowest BCUT2D eigenvalue weighted by molar-refractivity contribution is 0.470. The predicted octanol–water partition coefficient (Wildman–Crippen LogP) is 3.84. The summed E-state index contributed by atoms with van der Waals surface area (Å²) in [6.07, 6.45) is 0. The third-order valence-electron chi connectivity index (χ3n) is 1.84. The highest BCUT2D eigenvalue weighted by atomic mass is 32.2. The van der Waals surface area contributed by atoms with E-state index in [2.05, 4.69) is 20.8 Å². The summed E-state index contributed by atoms with van der Waals surface area (Å²) < 4.78 is 0. The van der Waals surface area contributed by atoms with Gasteiger partial charge in [0.1, 0.15) is 5.75 Å². The molecule has 0 bridgehead atoms. The van der Waals surface area contributed by atoms with Crippen molar-refractivity contribution in [1.29, 1.82) is 0 Å². The van der Waals surface area contributed by atoms with Gasteiger partial charge in [-0.15, -0.1) is 11.8 Å². The highest BCUT2D eigenvalue weighted by molar-refractivity contribution is 7.99. The zero-order chi connectivity index (χ0) is 10.8. The summed E-state index contributed by atoms with van der Waals surface area (Å²) in [6.45, 7) is 8.62. The molecule has 0 heterocycles. The standard InChI is InChI=1S/C12H18OS/c1-9-7-10(5-6-11(9)13)14-8-12(2,3)4/h5-7,13H,8H2,1-4H3. The SMILES string of the molecule is Cc1cc(SCC(C)(C)C)ccc1O. The van der Waals surface area contributed by atoms with E-state index in [1.54, 1.807) is 6.07 Å². The van der Waals surface area contributed by atoms with Gasteiger partial charge >= 0.3 is 0 Å². The summed E-state index contributed by atoms with van der Waals surface area (Å²) in [5.74, 6) is 1.47. The van der Waals surface area contributed by atoms with E-state index in [-0.39, 0.29) is 0 Å². The Balaban J connectivity index is 2.65. The minimum Gasteiger partial charge on any atom is -0.508 e. The van der Waals surface area contributed by atoms with Crippen LogP contribution in [0.25, 0.3) is 0 Å². The number of hydrogen-bond acceptors (Lipinski definition) is 2. The number of phenolic OH excluding ortho intramolecular Hbond substituents is 1. The van der Waals surface area contributed by atoms with Gasteiger partial charge in [0.05, 0.1) is 0 Å². The van der Waals surface area contributed by atoms with Crippen molar-refractivity contribution >= 4 is 11.8 Å². The molecule has 1 rings (SSSR count). The van der Waals surface area contributed by atoms with Crippen LogP contribution in [0, 0.1) is 12.3 Å². The molecular weight excluding hydrogens is 192 g/mol. The van der Waals surface area contributed by atoms with Gasteiger partial charge in [-0.25, -0.2) is 0 Å². The Morgan fingerprint density at radius 1 is 1.29 bits per heavy atom. The predicted molar refractivity (Wildman–Crippen MR) is 63.0 cm³/mol. The van der Waals surface area contributed by atoms with Gasteiger partial charge in [0.2, 0.25) is 0 Å². The van der Waals surface area contributed by atoms with E-state index in [1.807, 2.05) is 30.8 Å². The van der Waals surface area contributed by atoms with E-state index in [0.717, 1.165) is 11.3 Å². The average Bonchev–Trinajstić information content (AvgIpc) is 2.06. The summed E-state index contributed by atoms with van der Waals surface area (Å²) in [7, 11) is 0. The number of rotatable bonds is 2. The summed E-state index contributed by atoms with van der Waals surface area (Å²) in [5, 5.41) is 9.36.